The molecule has 1 saturated heterocycles. The smallest absolute Gasteiger partial charge is 0.235 e. The molecule has 1 aliphatic heterocycles. The maximum atomic E-state index is 12.9. The second-order valence-corrected chi connectivity index (χ2v) is 6.25. The summed E-state index contributed by atoms with van der Waals surface area (Å²) in [6.45, 7) is 5.13. The first kappa shape index (κ1) is 14.7. The first-order valence-corrected chi connectivity index (χ1v) is 7.64. The Hall–Kier alpha value is -0.680. The van der Waals surface area contributed by atoms with Crippen molar-refractivity contribution in [3.05, 3.63) is 0 Å². The van der Waals surface area contributed by atoms with E-state index in [1.165, 1.54) is 12.8 Å². The average molecular weight is 284 g/mol. The van der Waals surface area contributed by atoms with E-state index in [1.54, 1.807) is 0 Å². The van der Waals surface area contributed by atoms with Gasteiger partial charge in [-0.25, -0.2) is 0 Å². The van der Waals surface area contributed by atoms with E-state index >= 15 is 0 Å². The molecule has 3 unspecified atom stereocenters. The van der Waals surface area contributed by atoms with Crippen LogP contribution in [0.5, 0.6) is 0 Å². The van der Waals surface area contributed by atoms with Gasteiger partial charge in [0.05, 0.1) is 29.2 Å². The Labute approximate surface area is 120 Å². The second-order valence-electron chi connectivity index (χ2n) is 5.81. The lowest BCUT2D eigenvalue weighted by Gasteiger charge is -2.46. The fourth-order valence-electron chi connectivity index (χ4n) is 3.10. The van der Waals surface area contributed by atoms with Gasteiger partial charge in [0.25, 0.3) is 0 Å². The number of carbonyl (C=O) groups is 1. The largest absolute Gasteiger partial charge is 0.392 e. The summed E-state index contributed by atoms with van der Waals surface area (Å²) in [4.78, 5) is 15.1. The third-order valence-electron chi connectivity index (χ3n) is 4.72. The number of hydrogen-bond acceptors (Lipinski definition) is 3. The van der Waals surface area contributed by atoms with Gasteiger partial charge in [0.2, 0.25) is 5.91 Å². The highest BCUT2D eigenvalue weighted by molar-refractivity contribution is 7.80. The van der Waals surface area contributed by atoms with Crippen LogP contribution in [0.1, 0.15) is 46.0 Å². The molecule has 2 N–H and O–H groups in total. The molecular weight excluding hydrogens is 260 g/mol. The predicted octanol–water partition coefficient (Wildman–Crippen LogP) is 1.86. The van der Waals surface area contributed by atoms with E-state index in [2.05, 4.69) is 0 Å². The number of hydrogen-bond donors (Lipinski definition) is 1. The van der Waals surface area contributed by atoms with Crippen molar-refractivity contribution >= 4 is 23.1 Å². The zero-order valence-corrected chi connectivity index (χ0v) is 12.7. The monoisotopic (exact) mass is 284 g/mol. The van der Waals surface area contributed by atoms with E-state index in [9.17, 15) is 4.79 Å². The Balaban J connectivity index is 2.19. The van der Waals surface area contributed by atoms with Crippen LogP contribution in [0.4, 0.5) is 0 Å². The van der Waals surface area contributed by atoms with Crippen LogP contribution in [-0.4, -0.2) is 41.1 Å². The molecule has 1 heterocycles. The quantitative estimate of drug-likeness (QED) is 0.804. The molecule has 0 bridgehead atoms. The molecule has 1 amide bonds. The van der Waals surface area contributed by atoms with Gasteiger partial charge in [-0.15, -0.1) is 0 Å². The Morgan fingerprint density at radius 2 is 2.16 bits per heavy atom. The fourth-order valence-corrected chi connectivity index (χ4v) is 3.33. The molecule has 0 spiro atoms. The number of morpholine rings is 1. The molecule has 1 saturated carbocycles. The minimum atomic E-state index is -0.714. The van der Waals surface area contributed by atoms with E-state index in [0.717, 1.165) is 12.8 Å². The Morgan fingerprint density at radius 1 is 1.47 bits per heavy atom. The molecule has 2 aliphatic rings. The Bertz CT molecular complexity index is 372. The molecule has 0 aromatic carbocycles. The normalized spacial score (nSPS) is 30.3. The summed E-state index contributed by atoms with van der Waals surface area (Å²) in [5, 5.41) is 0. The van der Waals surface area contributed by atoms with Gasteiger partial charge in [-0.3, -0.25) is 4.79 Å². The molecule has 3 atom stereocenters. The van der Waals surface area contributed by atoms with Crippen LogP contribution in [0.15, 0.2) is 0 Å². The lowest BCUT2D eigenvalue weighted by atomic mass is 9.83. The van der Waals surface area contributed by atoms with Crippen molar-refractivity contribution in [1.29, 1.82) is 0 Å². The van der Waals surface area contributed by atoms with Crippen LogP contribution in [0.25, 0.3) is 0 Å². The lowest BCUT2D eigenvalue weighted by Crippen LogP contribution is -2.59. The SMILES string of the molecule is CCC(C)(C(=O)N1CCOC2CCCCC21)C(N)=S. The Morgan fingerprint density at radius 3 is 2.79 bits per heavy atom. The van der Waals surface area contributed by atoms with Crippen LogP contribution < -0.4 is 5.73 Å². The summed E-state index contributed by atoms with van der Waals surface area (Å²) in [5.41, 5.74) is 5.10. The van der Waals surface area contributed by atoms with Gasteiger partial charge in [-0.1, -0.05) is 32.0 Å². The second kappa shape index (κ2) is 5.75. The van der Waals surface area contributed by atoms with Crippen molar-refractivity contribution in [3.63, 3.8) is 0 Å². The van der Waals surface area contributed by atoms with Gasteiger partial charge in [0, 0.05) is 6.54 Å². The first-order chi connectivity index (χ1) is 9.00. The molecule has 4 nitrogen and oxygen atoms in total. The first-order valence-electron chi connectivity index (χ1n) is 7.23. The Kier molecular flexibility index (Phi) is 4.46. The van der Waals surface area contributed by atoms with Crippen LogP contribution in [0.3, 0.4) is 0 Å². The standard InChI is InChI=1S/C14H24N2O2S/c1-3-14(2,12(15)19)13(17)16-8-9-18-11-7-5-4-6-10(11)16/h10-11H,3-9H2,1-2H3,(H2,15,19). The van der Waals surface area contributed by atoms with E-state index in [4.69, 9.17) is 22.7 Å². The van der Waals surface area contributed by atoms with E-state index in [0.29, 0.717) is 24.6 Å². The lowest BCUT2D eigenvalue weighted by molar-refractivity contribution is -0.155. The summed E-state index contributed by atoms with van der Waals surface area (Å²) < 4.78 is 5.81. The van der Waals surface area contributed by atoms with Crippen LogP contribution in [-0.2, 0) is 9.53 Å². The summed E-state index contributed by atoms with van der Waals surface area (Å²) in [5.74, 6) is 0.0858. The highest BCUT2D eigenvalue weighted by Crippen LogP contribution is 2.33. The number of rotatable bonds is 3. The third kappa shape index (κ3) is 2.63. The maximum Gasteiger partial charge on any atom is 0.235 e. The van der Waals surface area contributed by atoms with Crippen LogP contribution >= 0.6 is 12.2 Å². The van der Waals surface area contributed by atoms with E-state index in [1.807, 2.05) is 18.7 Å². The molecule has 1 aliphatic carbocycles. The summed E-state index contributed by atoms with van der Waals surface area (Å²) in [6, 6.07) is 0.218. The number of thiocarbonyl (C=S) groups is 1. The van der Waals surface area contributed by atoms with Crippen LogP contribution in [0.2, 0.25) is 0 Å². The predicted molar refractivity (Wildman–Crippen MR) is 78.9 cm³/mol. The number of nitrogens with two attached hydrogens (primary N) is 1. The topological polar surface area (TPSA) is 55.6 Å². The van der Waals surface area contributed by atoms with Gasteiger partial charge in [0.15, 0.2) is 0 Å². The van der Waals surface area contributed by atoms with Gasteiger partial charge >= 0.3 is 0 Å². The molecule has 2 fully saturated rings. The van der Waals surface area contributed by atoms with Crippen LogP contribution in [0, 0.1) is 5.41 Å². The molecule has 0 aromatic heterocycles. The van der Waals surface area contributed by atoms with Crippen molar-refractivity contribution in [3.8, 4) is 0 Å². The van der Waals surface area contributed by atoms with Gasteiger partial charge in [0.1, 0.15) is 0 Å². The molecule has 5 heteroatoms. The van der Waals surface area contributed by atoms with Crippen molar-refractivity contribution in [1.82, 2.24) is 4.90 Å². The minimum absolute atomic E-state index is 0.0858. The van der Waals surface area contributed by atoms with Gasteiger partial charge < -0.3 is 15.4 Å². The zero-order valence-electron chi connectivity index (χ0n) is 11.9. The maximum absolute atomic E-state index is 12.9. The number of ether oxygens (including phenoxy) is 1. The summed E-state index contributed by atoms with van der Waals surface area (Å²) in [7, 11) is 0. The minimum Gasteiger partial charge on any atom is -0.392 e. The zero-order chi connectivity index (χ0) is 14.0. The molecule has 19 heavy (non-hydrogen) atoms. The number of fused-ring (bicyclic) bond motifs is 1. The van der Waals surface area contributed by atoms with E-state index in [-0.39, 0.29) is 18.1 Å². The molecule has 0 aromatic rings. The van der Waals surface area contributed by atoms with Crippen molar-refractivity contribution in [2.45, 2.75) is 58.1 Å². The van der Waals surface area contributed by atoms with Gasteiger partial charge in [-0.05, 0) is 26.2 Å². The third-order valence-corrected chi connectivity index (χ3v) is 5.17. The number of nitrogens with zero attached hydrogens (tertiary/aromatic N) is 1. The highest BCUT2D eigenvalue weighted by Gasteiger charge is 2.44. The fraction of sp³-hybridized carbons (Fsp3) is 0.857. The van der Waals surface area contributed by atoms with Crippen molar-refractivity contribution in [2.24, 2.45) is 11.1 Å². The van der Waals surface area contributed by atoms with E-state index < -0.39 is 5.41 Å². The highest BCUT2D eigenvalue weighted by atomic mass is 32.1. The van der Waals surface area contributed by atoms with Crippen molar-refractivity contribution in [2.75, 3.05) is 13.2 Å². The van der Waals surface area contributed by atoms with Crippen molar-refractivity contribution < 1.29 is 9.53 Å². The average Bonchev–Trinajstić information content (AvgIpc) is 2.44. The molecule has 0 radical (unpaired) electrons. The molecule has 108 valence electrons. The number of carbonyl (C=O) groups excluding carboxylic acids is 1. The summed E-state index contributed by atoms with van der Waals surface area (Å²) in [6.07, 6.45) is 5.32. The molecular formula is C14H24N2O2S. The molecule has 2 rings (SSSR count). The summed E-state index contributed by atoms with van der Waals surface area (Å²) >= 11 is 5.12. The number of amides is 1. The van der Waals surface area contributed by atoms with Gasteiger partial charge in [-0.2, -0.15) is 0 Å².